The van der Waals surface area contributed by atoms with Crippen LogP contribution in [0.3, 0.4) is 0 Å². The fourth-order valence-corrected chi connectivity index (χ4v) is 3.63. The molecule has 0 saturated carbocycles. The van der Waals surface area contributed by atoms with E-state index in [1.807, 2.05) is 25.2 Å². The minimum absolute atomic E-state index is 0.135. The van der Waals surface area contributed by atoms with Crippen molar-refractivity contribution in [2.24, 2.45) is 7.05 Å². The Morgan fingerprint density at radius 3 is 2.67 bits per heavy atom. The molecule has 0 radical (unpaired) electrons. The lowest BCUT2D eigenvalue weighted by Gasteiger charge is -2.22. The minimum atomic E-state index is -4.44. The SMILES string of the molecule is Cn1cc2c3c(cccc31)CN(C(=O)Nc1cccc(C(F)(F)F)c1)CC2. The Kier molecular flexibility index (Phi) is 4.09. The lowest BCUT2D eigenvalue weighted by atomic mass is 10.1. The number of carbonyl (C=O) groups is 1. The van der Waals surface area contributed by atoms with Gasteiger partial charge >= 0.3 is 12.2 Å². The van der Waals surface area contributed by atoms with Crippen molar-refractivity contribution in [3.63, 3.8) is 0 Å². The van der Waals surface area contributed by atoms with Crippen molar-refractivity contribution < 1.29 is 18.0 Å². The van der Waals surface area contributed by atoms with Crippen LogP contribution in [0, 0.1) is 0 Å². The normalized spacial score (nSPS) is 14.3. The summed E-state index contributed by atoms with van der Waals surface area (Å²) in [5.74, 6) is 0. The van der Waals surface area contributed by atoms with Crippen molar-refractivity contribution in [2.75, 3.05) is 11.9 Å². The molecule has 2 heterocycles. The predicted octanol–water partition coefficient (Wildman–Crippen LogP) is 4.79. The number of nitrogens with zero attached hydrogens (tertiary/aromatic N) is 2. The van der Waals surface area contributed by atoms with Crippen LogP contribution in [0.4, 0.5) is 23.7 Å². The highest BCUT2D eigenvalue weighted by Gasteiger charge is 2.30. The maximum Gasteiger partial charge on any atom is 0.416 e. The number of alkyl halides is 3. The zero-order valence-corrected chi connectivity index (χ0v) is 14.7. The maximum atomic E-state index is 12.9. The summed E-state index contributed by atoms with van der Waals surface area (Å²) in [6.07, 6.45) is -1.67. The number of aromatic nitrogens is 1. The van der Waals surface area contributed by atoms with Gasteiger partial charge in [-0.15, -0.1) is 0 Å². The van der Waals surface area contributed by atoms with Gasteiger partial charge in [0.05, 0.1) is 5.56 Å². The van der Waals surface area contributed by atoms with Gasteiger partial charge in [0.1, 0.15) is 0 Å². The van der Waals surface area contributed by atoms with Gasteiger partial charge in [-0.1, -0.05) is 18.2 Å². The number of anilines is 1. The van der Waals surface area contributed by atoms with Crippen LogP contribution in [0.25, 0.3) is 10.9 Å². The zero-order valence-electron chi connectivity index (χ0n) is 14.7. The highest BCUT2D eigenvalue weighted by atomic mass is 19.4. The molecule has 0 atom stereocenters. The molecule has 1 aliphatic rings. The molecular formula is C20H18F3N3O. The van der Waals surface area contributed by atoms with Crippen LogP contribution in [-0.4, -0.2) is 22.0 Å². The van der Waals surface area contributed by atoms with Crippen LogP contribution < -0.4 is 5.32 Å². The number of hydrogen-bond acceptors (Lipinski definition) is 1. The number of benzene rings is 2. The van der Waals surface area contributed by atoms with E-state index in [0.717, 1.165) is 28.6 Å². The van der Waals surface area contributed by atoms with Gasteiger partial charge in [0.25, 0.3) is 0 Å². The Bertz CT molecular complexity index is 1020. The molecule has 1 aromatic heterocycles. The average Bonchev–Trinajstić information content (AvgIpc) is 2.83. The maximum absolute atomic E-state index is 12.9. The monoisotopic (exact) mass is 373 g/mol. The van der Waals surface area contributed by atoms with Gasteiger partial charge in [-0.05, 0) is 41.8 Å². The largest absolute Gasteiger partial charge is 0.416 e. The summed E-state index contributed by atoms with van der Waals surface area (Å²) in [5, 5.41) is 3.76. The molecule has 0 fully saturated rings. The Balaban J connectivity index is 1.57. The van der Waals surface area contributed by atoms with Crippen LogP contribution in [0.2, 0.25) is 0 Å². The lowest BCUT2D eigenvalue weighted by Crippen LogP contribution is -2.35. The molecule has 1 N–H and O–H groups in total. The molecule has 140 valence electrons. The number of aryl methyl sites for hydroxylation is 1. The van der Waals surface area contributed by atoms with Gasteiger partial charge in [0, 0.05) is 42.9 Å². The molecule has 7 heteroatoms. The van der Waals surface area contributed by atoms with Crippen molar-refractivity contribution in [1.29, 1.82) is 0 Å². The number of carbonyl (C=O) groups excluding carboxylic acids is 1. The third-order valence-electron chi connectivity index (χ3n) is 4.92. The second kappa shape index (κ2) is 6.33. The van der Waals surface area contributed by atoms with Gasteiger partial charge in [0.15, 0.2) is 0 Å². The van der Waals surface area contributed by atoms with E-state index < -0.39 is 17.8 Å². The number of halogens is 3. The topological polar surface area (TPSA) is 37.3 Å². The standard InChI is InChI=1S/C20H18F3N3O/c1-25-11-14-8-9-26(12-13-4-2-7-17(25)18(13)14)19(27)24-16-6-3-5-15(10-16)20(21,22)23/h2-7,10-11H,8-9,12H2,1H3,(H,24,27). The van der Waals surface area contributed by atoms with Crippen LogP contribution in [0.1, 0.15) is 16.7 Å². The summed E-state index contributed by atoms with van der Waals surface area (Å²) < 4.78 is 40.7. The third-order valence-corrected chi connectivity index (χ3v) is 4.92. The van der Waals surface area contributed by atoms with E-state index in [0.29, 0.717) is 19.5 Å². The quantitative estimate of drug-likeness (QED) is 0.654. The first-order valence-corrected chi connectivity index (χ1v) is 8.62. The highest BCUT2D eigenvalue weighted by molar-refractivity contribution is 5.92. The first-order valence-electron chi connectivity index (χ1n) is 8.62. The van der Waals surface area contributed by atoms with Crippen LogP contribution in [0.5, 0.6) is 0 Å². The zero-order chi connectivity index (χ0) is 19.2. The molecule has 4 nitrogen and oxygen atoms in total. The van der Waals surface area contributed by atoms with E-state index in [1.165, 1.54) is 17.7 Å². The van der Waals surface area contributed by atoms with Crippen molar-refractivity contribution in [3.8, 4) is 0 Å². The summed E-state index contributed by atoms with van der Waals surface area (Å²) in [4.78, 5) is 14.3. The Labute approximate surface area is 154 Å². The molecule has 0 bridgehead atoms. The molecule has 3 aromatic rings. The molecular weight excluding hydrogens is 355 g/mol. The van der Waals surface area contributed by atoms with E-state index in [1.54, 1.807) is 4.90 Å². The number of hydrogen-bond donors (Lipinski definition) is 1. The van der Waals surface area contributed by atoms with Gasteiger partial charge < -0.3 is 14.8 Å². The van der Waals surface area contributed by atoms with Crippen molar-refractivity contribution in [1.82, 2.24) is 9.47 Å². The van der Waals surface area contributed by atoms with Crippen molar-refractivity contribution in [2.45, 2.75) is 19.1 Å². The molecule has 1 aliphatic heterocycles. The van der Waals surface area contributed by atoms with Gasteiger partial charge in [0.2, 0.25) is 0 Å². The molecule has 2 amide bonds. The Hall–Kier alpha value is -2.96. The van der Waals surface area contributed by atoms with Crippen LogP contribution >= 0.6 is 0 Å². The van der Waals surface area contributed by atoms with Gasteiger partial charge in [-0.25, -0.2) is 4.79 Å². The average molecular weight is 373 g/mol. The van der Waals surface area contributed by atoms with Crippen LogP contribution in [0.15, 0.2) is 48.7 Å². The molecule has 2 aromatic carbocycles. The fourth-order valence-electron chi connectivity index (χ4n) is 3.63. The summed E-state index contributed by atoms with van der Waals surface area (Å²) in [6.45, 7) is 0.914. The van der Waals surface area contributed by atoms with E-state index in [2.05, 4.69) is 16.1 Å². The predicted molar refractivity (Wildman–Crippen MR) is 97.5 cm³/mol. The van der Waals surface area contributed by atoms with E-state index in [4.69, 9.17) is 0 Å². The number of amides is 2. The fraction of sp³-hybridized carbons (Fsp3) is 0.250. The smallest absolute Gasteiger partial charge is 0.350 e. The molecule has 0 saturated heterocycles. The molecule has 27 heavy (non-hydrogen) atoms. The second-order valence-electron chi connectivity index (χ2n) is 6.76. The van der Waals surface area contributed by atoms with Crippen molar-refractivity contribution >= 4 is 22.6 Å². The molecule has 0 spiro atoms. The van der Waals surface area contributed by atoms with Gasteiger partial charge in [-0.3, -0.25) is 0 Å². The Morgan fingerprint density at radius 1 is 1.11 bits per heavy atom. The molecule has 4 rings (SSSR count). The summed E-state index contributed by atoms with van der Waals surface area (Å²) in [5.41, 5.74) is 2.68. The number of rotatable bonds is 1. The summed E-state index contributed by atoms with van der Waals surface area (Å²) >= 11 is 0. The first kappa shape index (κ1) is 17.5. The van der Waals surface area contributed by atoms with E-state index >= 15 is 0 Å². The number of urea groups is 1. The molecule has 0 unspecified atom stereocenters. The lowest BCUT2D eigenvalue weighted by molar-refractivity contribution is -0.137. The third kappa shape index (κ3) is 3.25. The summed E-state index contributed by atoms with van der Waals surface area (Å²) in [7, 11) is 2.00. The second-order valence-corrected chi connectivity index (χ2v) is 6.76. The van der Waals surface area contributed by atoms with Crippen molar-refractivity contribution in [3.05, 3.63) is 65.4 Å². The van der Waals surface area contributed by atoms with E-state index in [9.17, 15) is 18.0 Å². The Morgan fingerprint density at radius 2 is 1.89 bits per heavy atom. The van der Waals surface area contributed by atoms with E-state index in [-0.39, 0.29) is 5.69 Å². The minimum Gasteiger partial charge on any atom is -0.350 e. The molecule has 0 aliphatic carbocycles. The highest BCUT2D eigenvalue weighted by Crippen LogP contribution is 2.31. The number of nitrogens with one attached hydrogen (secondary N) is 1. The van der Waals surface area contributed by atoms with Gasteiger partial charge in [-0.2, -0.15) is 13.2 Å². The first-order chi connectivity index (χ1) is 12.8. The summed E-state index contributed by atoms with van der Waals surface area (Å²) in [6, 6.07) is 10.3. The van der Waals surface area contributed by atoms with Crippen LogP contribution in [-0.2, 0) is 26.2 Å².